The van der Waals surface area contributed by atoms with Crippen LogP contribution in [0.15, 0.2) is 84.9 Å². The normalized spacial score (nSPS) is 12.6. The van der Waals surface area contributed by atoms with E-state index in [1.165, 1.54) is 22.4 Å². The summed E-state index contributed by atoms with van der Waals surface area (Å²) in [7, 11) is 0. The van der Waals surface area contributed by atoms with Gasteiger partial charge in [0.25, 0.3) is 0 Å². The summed E-state index contributed by atoms with van der Waals surface area (Å²) in [5, 5.41) is 3.64. The average molecular weight is 344 g/mol. The lowest BCUT2D eigenvalue weighted by atomic mass is 9.73. The number of nitrogens with one attached hydrogen (secondary N) is 1. The van der Waals surface area contributed by atoms with Crippen molar-refractivity contribution in [2.75, 3.05) is 5.32 Å². The van der Waals surface area contributed by atoms with Crippen molar-refractivity contribution in [2.24, 2.45) is 5.41 Å². The SMILES string of the molecule is CC(C)(C)C(Cc1ccccc1NCc1ccccc1)c1ccccc1. The zero-order chi connectivity index (χ0) is 18.4. The van der Waals surface area contributed by atoms with Crippen molar-refractivity contribution in [3.8, 4) is 0 Å². The Hall–Kier alpha value is -2.54. The Morgan fingerprint density at radius 1 is 0.731 bits per heavy atom. The summed E-state index contributed by atoms with van der Waals surface area (Å²) >= 11 is 0. The fourth-order valence-electron chi connectivity index (χ4n) is 3.49. The van der Waals surface area contributed by atoms with E-state index in [0.29, 0.717) is 5.92 Å². The van der Waals surface area contributed by atoms with Gasteiger partial charge in [0, 0.05) is 12.2 Å². The van der Waals surface area contributed by atoms with Crippen LogP contribution in [0.5, 0.6) is 0 Å². The highest BCUT2D eigenvalue weighted by Gasteiger charge is 2.27. The molecule has 0 spiro atoms. The predicted octanol–water partition coefficient (Wildman–Crippen LogP) is 6.67. The molecule has 0 saturated heterocycles. The van der Waals surface area contributed by atoms with Crippen LogP contribution in [0.25, 0.3) is 0 Å². The minimum absolute atomic E-state index is 0.202. The van der Waals surface area contributed by atoms with Gasteiger partial charge in [-0.05, 0) is 40.5 Å². The third-order valence-corrected chi connectivity index (χ3v) is 5.01. The second-order valence-electron chi connectivity index (χ2n) is 8.03. The molecule has 1 heteroatoms. The molecule has 1 atom stereocenters. The summed E-state index contributed by atoms with van der Waals surface area (Å²) < 4.78 is 0. The van der Waals surface area contributed by atoms with E-state index < -0.39 is 0 Å². The summed E-state index contributed by atoms with van der Waals surface area (Å²) in [6, 6.07) is 30.2. The Balaban J connectivity index is 1.82. The topological polar surface area (TPSA) is 12.0 Å². The van der Waals surface area contributed by atoms with Crippen molar-refractivity contribution in [1.29, 1.82) is 0 Å². The first-order valence-corrected chi connectivity index (χ1v) is 9.44. The lowest BCUT2D eigenvalue weighted by Gasteiger charge is -2.32. The molecule has 1 nitrogen and oxygen atoms in total. The Morgan fingerprint density at radius 2 is 1.31 bits per heavy atom. The summed E-state index contributed by atoms with van der Waals surface area (Å²) in [4.78, 5) is 0. The summed E-state index contributed by atoms with van der Waals surface area (Å²) in [6.07, 6.45) is 1.03. The van der Waals surface area contributed by atoms with Gasteiger partial charge >= 0.3 is 0 Å². The fraction of sp³-hybridized carbons (Fsp3) is 0.280. The molecule has 3 aromatic carbocycles. The number of anilines is 1. The van der Waals surface area contributed by atoms with Gasteiger partial charge in [0.1, 0.15) is 0 Å². The molecule has 134 valence electrons. The number of hydrogen-bond acceptors (Lipinski definition) is 1. The van der Waals surface area contributed by atoms with Crippen molar-refractivity contribution >= 4 is 5.69 Å². The van der Waals surface area contributed by atoms with Crippen molar-refractivity contribution in [2.45, 2.75) is 39.7 Å². The summed E-state index contributed by atoms with van der Waals surface area (Å²) in [5.41, 5.74) is 5.54. The lowest BCUT2D eigenvalue weighted by Crippen LogP contribution is -2.21. The molecule has 0 bridgehead atoms. The third kappa shape index (κ3) is 4.76. The van der Waals surface area contributed by atoms with Crippen LogP contribution in [0.3, 0.4) is 0 Å². The maximum Gasteiger partial charge on any atom is 0.0400 e. The van der Waals surface area contributed by atoms with E-state index in [1.807, 2.05) is 0 Å². The standard InChI is InChI=1S/C25H29N/c1-25(2,3)23(21-14-8-5-9-15-21)18-22-16-10-11-17-24(22)26-19-20-12-6-4-7-13-20/h4-17,23,26H,18-19H2,1-3H3. The zero-order valence-electron chi connectivity index (χ0n) is 16.1. The maximum absolute atomic E-state index is 3.64. The first kappa shape index (κ1) is 18.3. The van der Waals surface area contributed by atoms with Crippen molar-refractivity contribution < 1.29 is 0 Å². The molecule has 3 aromatic rings. The lowest BCUT2D eigenvalue weighted by molar-refractivity contribution is 0.318. The highest BCUT2D eigenvalue weighted by atomic mass is 14.9. The van der Waals surface area contributed by atoms with Crippen LogP contribution >= 0.6 is 0 Å². The number of hydrogen-bond donors (Lipinski definition) is 1. The molecule has 3 rings (SSSR count). The van der Waals surface area contributed by atoms with Gasteiger partial charge < -0.3 is 5.32 Å². The van der Waals surface area contributed by atoms with Gasteiger partial charge in [0.2, 0.25) is 0 Å². The first-order valence-electron chi connectivity index (χ1n) is 9.44. The molecular weight excluding hydrogens is 314 g/mol. The van der Waals surface area contributed by atoms with Crippen LogP contribution in [0.1, 0.15) is 43.4 Å². The van der Waals surface area contributed by atoms with Crippen molar-refractivity contribution in [3.05, 3.63) is 102 Å². The quantitative estimate of drug-likeness (QED) is 0.527. The minimum Gasteiger partial charge on any atom is -0.381 e. The van der Waals surface area contributed by atoms with E-state index in [0.717, 1.165) is 13.0 Å². The number of para-hydroxylation sites is 1. The Labute approximate surface area is 158 Å². The van der Waals surface area contributed by atoms with E-state index in [2.05, 4.69) is 111 Å². The second kappa shape index (κ2) is 8.23. The molecule has 0 aliphatic heterocycles. The molecule has 0 aromatic heterocycles. The molecule has 0 aliphatic rings. The molecule has 0 aliphatic carbocycles. The van der Waals surface area contributed by atoms with Gasteiger partial charge in [-0.25, -0.2) is 0 Å². The third-order valence-electron chi connectivity index (χ3n) is 5.01. The van der Waals surface area contributed by atoms with Crippen LogP contribution < -0.4 is 5.32 Å². The van der Waals surface area contributed by atoms with Crippen LogP contribution in [-0.4, -0.2) is 0 Å². The van der Waals surface area contributed by atoms with E-state index in [1.54, 1.807) is 0 Å². The number of rotatable bonds is 6. The van der Waals surface area contributed by atoms with Crippen LogP contribution in [0, 0.1) is 5.41 Å². The predicted molar refractivity (Wildman–Crippen MR) is 113 cm³/mol. The second-order valence-corrected chi connectivity index (χ2v) is 8.03. The maximum atomic E-state index is 3.64. The molecule has 0 heterocycles. The fourth-order valence-corrected chi connectivity index (χ4v) is 3.49. The van der Waals surface area contributed by atoms with Crippen molar-refractivity contribution in [1.82, 2.24) is 0 Å². The molecule has 1 unspecified atom stereocenters. The van der Waals surface area contributed by atoms with Crippen LogP contribution in [0.4, 0.5) is 5.69 Å². The van der Waals surface area contributed by atoms with E-state index >= 15 is 0 Å². The van der Waals surface area contributed by atoms with Gasteiger partial charge in [-0.15, -0.1) is 0 Å². The highest BCUT2D eigenvalue weighted by Crippen LogP contribution is 2.38. The largest absolute Gasteiger partial charge is 0.381 e. The highest BCUT2D eigenvalue weighted by molar-refractivity contribution is 5.52. The average Bonchev–Trinajstić information content (AvgIpc) is 2.66. The van der Waals surface area contributed by atoms with Crippen molar-refractivity contribution in [3.63, 3.8) is 0 Å². The van der Waals surface area contributed by atoms with Gasteiger partial charge in [-0.3, -0.25) is 0 Å². The first-order chi connectivity index (χ1) is 12.5. The molecule has 0 radical (unpaired) electrons. The summed E-state index contributed by atoms with van der Waals surface area (Å²) in [6.45, 7) is 7.86. The molecular formula is C25H29N. The van der Waals surface area contributed by atoms with Crippen LogP contribution in [0.2, 0.25) is 0 Å². The zero-order valence-corrected chi connectivity index (χ0v) is 16.1. The Bertz CT molecular complexity index is 800. The van der Waals surface area contributed by atoms with Gasteiger partial charge in [-0.1, -0.05) is 99.6 Å². The molecule has 26 heavy (non-hydrogen) atoms. The molecule has 1 N–H and O–H groups in total. The Kier molecular flexibility index (Phi) is 5.78. The van der Waals surface area contributed by atoms with Crippen LogP contribution in [-0.2, 0) is 13.0 Å². The molecule has 0 saturated carbocycles. The summed E-state index contributed by atoms with van der Waals surface area (Å²) in [5.74, 6) is 0.475. The van der Waals surface area contributed by atoms with E-state index in [-0.39, 0.29) is 5.41 Å². The van der Waals surface area contributed by atoms with Gasteiger partial charge in [-0.2, -0.15) is 0 Å². The minimum atomic E-state index is 0.202. The van der Waals surface area contributed by atoms with Gasteiger partial charge in [0.05, 0.1) is 0 Å². The van der Waals surface area contributed by atoms with E-state index in [9.17, 15) is 0 Å². The monoisotopic (exact) mass is 343 g/mol. The smallest absolute Gasteiger partial charge is 0.0400 e. The van der Waals surface area contributed by atoms with E-state index in [4.69, 9.17) is 0 Å². The van der Waals surface area contributed by atoms with Gasteiger partial charge in [0.15, 0.2) is 0 Å². The molecule has 0 amide bonds. The number of benzene rings is 3. The molecule has 0 fully saturated rings. The Morgan fingerprint density at radius 3 is 1.96 bits per heavy atom.